The number of hydrogen-bond donors (Lipinski definition) is 0. The average Bonchev–Trinajstić information content (AvgIpc) is 2.70. The number of rotatable bonds is 4. The van der Waals surface area contributed by atoms with E-state index in [4.69, 9.17) is 4.98 Å². The van der Waals surface area contributed by atoms with Gasteiger partial charge in [-0.05, 0) is 30.3 Å². The van der Waals surface area contributed by atoms with Gasteiger partial charge in [-0.3, -0.25) is 14.9 Å². The zero-order chi connectivity index (χ0) is 16.9. The van der Waals surface area contributed by atoms with E-state index < -0.39 is 0 Å². The molecule has 0 radical (unpaired) electrons. The van der Waals surface area contributed by atoms with Crippen molar-refractivity contribution < 1.29 is 0 Å². The van der Waals surface area contributed by atoms with Crippen molar-refractivity contribution in [3.05, 3.63) is 66.9 Å². The third-order valence-corrected chi connectivity index (χ3v) is 4.39. The average molecular weight is 332 g/mol. The van der Waals surface area contributed by atoms with E-state index in [-0.39, 0.29) is 0 Å². The maximum Gasteiger partial charge on any atom is 0.225 e. The highest BCUT2D eigenvalue weighted by molar-refractivity contribution is 5.59. The Balaban J connectivity index is 1.41. The van der Waals surface area contributed by atoms with Gasteiger partial charge in [0.15, 0.2) is 0 Å². The molecule has 1 fully saturated rings. The zero-order valence-electron chi connectivity index (χ0n) is 14.0. The van der Waals surface area contributed by atoms with Gasteiger partial charge in [-0.25, -0.2) is 9.97 Å². The number of anilines is 1. The molecule has 0 bridgehead atoms. The minimum absolute atomic E-state index is 0.798. The third kappa shape index (κ3) is 3.80. The molecule has 4 rings (SSSR count). The van der Waals surface area contributed by atoms with E-state index >= 15 is 0 Å². The molecule has 126 valence electrons. The summed E-state index contributed by atoms with van der Waals surface area (Å²) in [7, 11) is 0. The molecular weight excluding hydrogens is 312 g/mol. The van der Waals surface area contributed by atoms with Crippen LogP contribution in [0.5, 0.6) is 0 Å². The quantitative estimate of drug-likeness (QED) is 0.730. The normalized spacial score (nSPS) is 15.3. The van der Waals surface area contributed by atoms with Crippen LogP contribution in [0.4, 0.5) is 5.95 Å². The minimum Gasteiger partial charge on any atom is -0.338 e. The summed E-state index contributed by atoms with van der Waals surface area (Å²) >= 11 is 0. The van der Waals surface area contributed by atoms with Crippen LogP contribution in [0.15, 0.2) is 61.2 Å². The molecule has 0 atom stereocenters. The van der Waals surface area contributed by atoms with Crippen molar-refractivity contribution in [2.45, 2.75) is 6.54 Å². The van der Waals surface area contributed by atoms with Gasteiger partial charge < -0.3 is 4.90 Å². The van der Waals surface area contributed by atoms with Gasteiger partial charge in [-0.15, -0.1) is 0 Å². The van der Waals surface area contributed by atoms with Crippen molar-refractivity contribution in [1.82, 2.24) is 24.8 Å². The minimum atomic E-state index is 0.798. The maximum absolute atomic E-state index is 4.73. The number of hydrogen-bond acceptors (Lipinski definition) is 6. The molecule has 4 heterocycles. The Hall–Kier alpha value is -2.86. The van der Waals surface area contributed by atoms with Gasteiger partial charge >= 0.3 is 0 Å². The molecular formula is C19H20N6. The SMILES string of the molecule is c1ccc(CN2CCN(c3nccc(-c4ccncc4)n3)CC2)nc1. The highest BCUT2D eigenvalue weighted by Gasteiger charge is 2.19. The van der Waals surface area contributed by atoms with E-state index in [1.54, 1.807) is 12.4 Å². The van der Waals surface area contributed by atoms with E-state index in [1.165, 1.54) is 0 Å². The molecule has 3 aromatic heterocycles. The first kappa shape index (κ1) is 15.7. The summed E-state index contributed by atoms with van der Waals surface area (Å²) in [6.07, 6.45) is 7.25. The summed E-state index contributed by atoms with van der Waals surface area (Å²) in [6, 6.07) is 11.9. The molecule has 1 aliphatic rings. The molecule has 3 aromatic rings. The summed E-state index contributed by atoms with van der Waals surface area (Å²) in [5.41, 5.74) is 3.11. The fraction of sp³-hybridized carbons (Fsp3) is 0.263. The molecule has 0 saturated carbocycles. The molecule has 0 spiro atoms. The first-order chi connectivity index (χ1) is 12.4. The lowest BCUT2D eigenvalue weighted by Gasteiger charge is -2.34. The number of aromatic nitrogens is 4. The Morgan fingerprint density at radius 2 is 1.64 bits per heavy atom. The van der Waals surface area contributed by atoms with Gasteiger partial charge in [0.05, 0.1) is 11.4 Å². The molecule has 0 aliphatic carbocycles. The molecule has 6 heteroatoms. The van der Waals surface area contributed by atoms with Gasteiger partial charge in [0.1, 0.15) is 0 Å². The molecule has 25 heavy (non-hydrogen) atoms. The van der Waals surface area contributed by atoms with Crippen molar-refractivity contribution in [2.75, 3.05) is 31.1 Å². The second-order valence-corrected chi connectivity index (χ2v) is 6.06. The largest absolute Gasteiger partial charge is 0.338 e. The van der Waals surface area contributed by atoms with E-state index in [1.807, 2.05) is 42.7 Å². The topological polar surface area (TPSA) is 58.0 Å². The predicted octanol–water partition coefficient (Wildman–Crippen LogP) is 2.26. The fourth-order valence-electron chi connectivity index (χ4n) is 3.01. The first-order valence-electron chi connectivity index (χ1n) is 8.49. The maximum atomic E-state index is 4.73. The Bertz CT molecular complexity index is 800. The first-order valence-corrected chi connectivity index (χ1v) is 8.49. The molecule has 0 N–H and O–H groups in total. The molecule has 1 saturated heterocycles. The Morgan fingerprint density at radius 3 is 2.40 bits per heavy atom. The van der Waals surface area contributed by atoms with Crippen LogP contribution in [0.2, 0.25) is 0 Å². The standard InChI is InChI=1S/C19H20N6/c1-2-7-21-17(3-1)15-24-11-13-25(14-12-24)19-22-10-6-18(23-19)16-4-8-20-9-5-16/h1-10H,11-15H2. The summed E-state index contributed by atoms with van der Waals surface area (Å²) in [5, 5.41) is 0. The second-order valence-electron chi connectivity index (χ2n) is 6.06. The van der Waals surface area contributed by atoms with Gasteiger partial charge in [-0.2, -0.15) is 0 Å². The summed E-state index contributed by atoms with van der Waals surface area (Å²) in [4.78, 5) is 22.3. The second kappa shape index (κ2) is 7.36. The molecule has 1 aliphatic heterocycles. The lowest BCUT2D eigenvalue weighted by atomic mass is 10.2. The lowest BCUT2D eigenvalue weighted by Crippen LogP contribution is -2.46. The number of piperazine rings is 1. The third-order valence-electron chi connectivity index (χ3n) is 4.39. The van der Waals surface area contributed by atoms with Crippen molar-refractivity contribution in [3.8, 4) is 11.3 Å². The zero-order valence-corrected chi connectivity index (χ0v) is 14.0. The summed E-state index contributed by atoms with van der Waals surface area (Å²) in [5.74, 6) is 0.798. The summed E-state index contributed by atoms with van der Waals surface area (Å²) in [6.45, 7) is 4.71. The van der Waals surface area contributed by atoms with E-state index in [0.29, 0.717) is 0 Å². The van der Waals surface area contributed by atoms with Gasteiger partial charge in [0.25, 0.3) is 0 Å². The highest BCUT2D eigenvalue weighted by Crippen LogP contribution is 2.19. The smallest absolute Gasteiger partial charge is 0.225 e. The van der Waals surface area contributed by atoms with Crippen molar-refractivity contribution in [2.24, 2.45) is 0 Å². The predicted molar refractivity (Wildman–Crippen MR) is 97.0 cm³/mol. The Kier molecular flexibility index (Phi) is 4.61. The van der Waals surface area contributed by atoms with E-state index in [9.17, 15) is 0 Å². The lowest BCUT2D eigenvalue weighted by molar-refractivity contribution is 0.246. The monoisotopic (exact) mass is 332 g/mol. The van der Waals surface area contributed by atoms with Crippen molar-refractivity contribution >= 4 is 5.95 Å². The Labute approximate surface area is 147 Å². The number of nitrogens with zero attached hydrogens (tertiary/aromatic N) is 6. The van der Waals surface area contributed by atoms with Crippen molar-refractivity contribution in [1.29, 1.82) is 0 Å². The van der Waals surface area contributed by atoms with Gasteiger partial charge in [-0.1, -0.05) is 6.07 Å². The van der Waals surface area contributed by atoms with Crippen LogP contribution in [0, 0.1) is 0 Å². The van der Waals surface area contributed by atoms with Crippen LogP contribution in [0.25, 0.3) is 11.3 Å². The Morgan fingerprint density at radius 1 is 0.800 bits per heavy atom. The molecule has 0 amide bonds. The molecule has 6 nitrogen and oxygen atoms in total. The van der Waals surface area contributed by atoms with Crippen LogP contribution in [-0.2, 0) is 6.54 Å². The van der Waals surface area contributed by atoms with E-state index in [2.05, 4.69) is 30.8 Å². The van der Waals surface area contributed by atoms with Crippen LogP contribution >= 0.6 is 0 Å². The van der Waals surface area contributed by atoms with Crippen LogP contribution < -0.4 is 4.90 Å². The molecule has 0 unspecified atom stereocenters. The van der Waals surface area contributed by atoms with Gasteiger partial charge in [0, 0.05) is 63.1 Å². The van der Waals surface area contributed by atoms with Gasteiger partial charge in [0.2, 0.25) is 5.95 Å². The van der Waals surface area contributed by atoms with Crippen LogP contribution in [0.3, 0.4) is 0 Å². The van der Waals surface area contributed by atoms with E-state index in [0.717, 1.165) is 55.6 Å². The van der Waals surface area contributed by atoms with Crippen LogP contribution in [-0.4, -0.2) is 51.0 Å². The molecule has 0 aromatic carbocycles. The fourth-order valence-corrected chi connectivity index (χ4v) is 3.01. The summed E-state index contributed by atoms with van der Waals surface area (Å²) < 4.78 is 0. The van der Waals surface area contributed by atoms with Crippen LogP contribution in [0.1, 0.15) is 5.69 Å². The van der Waals surface area contributed by atoms with Crippen molar-refractivity contribution in [3.63, 3.8) is 0 Å². The highest BCUT2D eigenvalue weighted by atomic mass is 15.3. The number of pyridine rings is 2.